The lowest BCUT2D eigenvalue weighted by Gasteiger charge is -2.27. The van der Waals surface area contributed by atoms with Gasteiger partial charge in [0.05, 0.1) is 5.75 Å². The van der Waals surface area contributed by atoms with Crippen molar-refractivity contribution in [1.29, 1.82) is 0 Å². The molecule has 0 atom stereocenters. The van der Waals surface area contributed by atoms with E-state index in [2.05, 4.69) is 25.5 Å². The number of thioether (sulfide) groups is 1. The Balaban J connectivity index is 0.00000242. The normalized spacial score (nSPS) is 15.2. The monoisotopic (exact) mass is 345 g/mol. The Morgan fingerprint density at radius 1 is 1.32 bits per heavy atom. The van der Waals surface area contributed by atoms with Crippen LogP contribution in [0.2, 0.25) is 0 Å². The summed E-state index contributed by atoms with van der Waals surface area (Å²) >= 11 is 1.39. The van der Waals surface area contributed by atoms with Crippen molar-refractivity contribution in [1.82, 2.24) is 25.5 Å². The lowest BCUT2D eigenvalue weighted by molar-refractivity contribution is -0.118. The van der Waals surface area contributed by atoms with Gasteiger partial charge in [-0.15, -0.1) is 12.4 Å². The van der Waals surface area contributed by atoms with Crippen LogP contribution in [0.5, 0.6) is 0 Å². The summed E-state index contributed by atoms with van der Waals surface area (Å²) in [5, 5.41) is 6.94. The number of hydrogen-bond donors (Lipinski definition) is 2. The van der Waals surface area contributed by atoms with Crippen molar-refractivity contribution in [3.63, 3.8) is 0 Å². The summed E-state index contributed by atoms with van der Waals surface area (Å²) in [6.07, 6.45) is 0. The Morgan fingerprint density at radius 2 is 1.95 bits per heavy atom. The molecule has 1 aliphatic rings. The molecule has 1 aliphatic heterocycles. The maximum absolute atomic E-state index is 11.8. The van der Waals surface area contributed by atoms with Crippen molar-refractivity contribution >= 4 is 30.1 Å². The number of piperazine rings is 1. The molecular formula is C14H24ClN5OS. The van der Waals surface area contributed by atoms with Crippen molar-refractivity contribution < 1.29 is 4.79 Å². The first-order chi connectivity index (χ1) is 10.1. The fourth-order valence-corrected chi connectivity index (χ4v) is 3.01. The third-order valence-electron chi connectivity index (χ3n) is 3.25. The van der Waals surface area contributed by atoms with E-state index in [-0.39, 0.29) is 18.3 Å². The van der Waals surface area contributed by atoms with E-state index >= 15 is 0 Å². The molecule has 0 unspecified atom stereocenters. The first-order valence-electron chi connectivity index (χ1n) is 7.28. The maximum Gasteiger partial charge on any atom is 0.230 e. The quantitative estimate of drug-likeness (QED) is 0.582. The summed E-state index contributed by atoms with van der Waals surface area (Å²) in [7, 11) is 0. The van der Waals surface area contributed by atoms with E-state index in [9.17, 15) is 4.79 Å². The van der Waals surface area contributed by atoms with Crippen molar-refractivity contribution in [2.24, 2.45) is 0 Å². The zero-order valence-electron chi connectivity index (χ0n) is 13.1. The number of amides is 1. The number of carbonyl (C=O) groups excluding carboxylic acids is 1. The smallest absolute Gasteiger partial charge is 0.230 e. The fraction of sp³-hybridized carbons (Fsp3) is 0.643. The fourth-order valence-electron chi connectivity index (χ4n) is 2.23. The molecule has 1 aromatic rings. The zero-order chi connectivity index (χ0) is 15.1. The minimum atomic E-state index is 0. The minimum absolute atomic E-state index is 0. The summed E-state index contributed by atoms with van der Waals surface area (Å²) in [6, 6.07) is 1.93. The topological polar surface area (TPSA) is 70.2 Å². The number of halogens is 1. The maximum atomic E-state index is 11.8. The summed E-state index contributed by atoms with van der Waals surface area (Å²) < 4.78 is 0. The molecule has 22 heavy (non-hydrogen) atoms. The SMILES string of the molecule is Cc1cc(C)nc(SCC(=O)NCCN2CCNCC2)n1.Cl. The molecule has 0 radical (unpaired) electrons. The Morgan fingerprint density at radius 3 is 2.59 bits per heavy atom. The van der Waals surface area contributed by atoms with Crippen LogP contribution in [-0.2, 0) is 4.79 Å². The molecule has 2 heterocycles. The molecule has 1 amide bonds. The van der Waals surface area contributed by atoms with Crippen LogP contribution in [0.1, 0.15) is 11.4 Å². The third kappa shape index (κ3) is 6.91. The van der Waals surface area contributed by atoms with Gasteiger partial charge in [-0.3, -0.25) is 9.69 Å². The second-order valence-electron chi connectivity index (χ2n) is 5.16. The van der Waals surface area contributed by atoms with Crippen LogP contribution in [-0.4, -0.2) is 65.8 Å². The van der Waals surface area contributed by atoms with Gasteiger partial charge in [0.15, 0.2) is 5.16 Å². The van der Waals surface area contributed by atoms with Crippen LogP contribution in [0, 0.1) is 13.8 Å². The highest BCUT2D eigenvalue weighted by atomic mass is 35.5. The Hall–Kier alpha value is -0.890. The van der Waals surface area contributed by atoms with E-state index in [1.54, 1.807) is 0 Å². The van der Waals surface area contributed by atoms with Gasteiger partial charge < -0.3 is 10.6 Å². The largest absolute Gasteiger partial charge is 0.354 e. The van der Waals surface area contributed by atoms with Gasteiger partial charge in [-0.1, -0.05) is 11.8 Å². The average molecular weight is 346 g/mol. The summed E-state index contributed by atoms with van der Waals surface area (Å²) in [4.78, 5) is 22.8. The van der Waals surface area contributed by atoms with Gasteiger partial charge in [0.1, 0.15) is 0 Å². The number of rotatable bonds is 6. The molecule has 6 nitrogen and oxygen atoms in total. The van der Waals surface area contributed by atoms with Gasteiger partial charge >= 0.3 is 0 Å². The number of nitrogens with one attached hydrogen (secondary N) is 2. The average Bonchev–Trinajstić information content (AvgIpc) is 2.45. The van der Waals surface area contributed by atoms with E-state index in [1.807, 2.05) is 19.9 Å². The van der Waals surface area contributed by atoms with E-state index in [0.717, 1.165) is 44.1 Å². The number of nitrogens with zero attached hydrogens (tertiary/aromatic N) is 3. The Kier molecular flexibility index (Phi) is 8.70. The van der Waals surface area contributed by atoms with Gasteiger partial charge in [-0.25, -0.2) is 9.97 Å². The molecule has 1 aromatic heterocycles. The Labute approximate surface area is 142 Å². The van der Waals surface area contributed by atoms with Gasteiger partial charge in [0, 0.05) is 50.7 Å². The zero-order valence-corrected chi connectivity index (χ0v) is 14.7. The van der Waals surface area contributed by atoms with Gasteiger partial charge in [-0.05, 0) is 19.9 Å². The first-order valence-corrected chi connectivity index (χ1v) is 8.27. The molecule has 1 fully saturated rings. The molecule has 1 saturated heterocycles. The number of aryl methyl sites for hydroxylation is 2. The molecule has 0 saturated carbocycles. The molecule has 0 spiro atoms. The van der Waals surface area contributed by atoms with Crippen molar-refractivity contribution in [3.8, 4) is 0 Å². The highest BCUT2D eigenvalue weighted by molar-refractivity contribution is 7.99. The minimum Gasteiger partial charge on any atom is -0.354 e. The predicted molar refractivity (Wildman–Crippen MR) is 91.8 cm³/mol. The molecule has 0 aromatic carbocycles. The molecule has 124 valence electrons. The van der Waals surface area contributed by atoms with E-state index in [0.29, 0.717) is 17.5 Å². The summed E-state index contributed by atoms with van der Waals surface area (Å²) in [5.74, 6) is 0.405. The van der Waals surface area contributed by atoms with Crippen molar-refractivity contribution in [3.05, 3.63) is 17.5 Å². The first kappa shape index (κ1) is 19.2. The number of aromatic nitrogens is 2. The summed E-state index contributed by atoms with van der Waals surface area (Å²) in [6.45, 7) is 9.67. The lowest BCUT2D eigenvalue weighted by Crippen LogP contribution is -2.46. The molecular weight excluding hydrogens is 322 g/mol. The van der Waals surface area contributed by atoms with Crippen LogP contribution in [0.15, 0.2) is 11.2 Å². The van der Waals surface area contributed by atoms with Crippen LogP contribution < -0.4 is 10.6 Å². The number of carbonyl (C=O) groups is 1. The molecule has 0 aliphatic carbocycles. The molecule has 2 rings (SSSR count). The van der Waals surface area contributed by atoms with Gasteiger partial charge in [0.25, 0.3) is 0 Å². The third-order valence-corrected chi connectivity index (χ3v) is 4.10. The Bertz CT molecular complexity index is 462. The lowest BCUT2D eigenvalue weighted by atomic mass is 10.3. The second-order valence-corrected chi connectivity index (χ2v) is 6.11. The van der Waals surface area contributed by atoms with E-state index in [4.69, 9.17) is 0 Å². The predicted octanol–water partition coefficient (Wildman–Crippen LogP) is 0.629. The van der Waals surface area contributed by atoms with E-state index < -0.39 is 0 Å². The second kappa shape index (κ2) is 9.99. The van der Waals surface area contributed by atoms with Crippen LogP contribution in [0.4, 0.5) is 0 Å². The van der Waals surface area contributed by atoms with Gasteiger partial charge in [-0.2, -0.15) is 0 Å². The van der Waals surface area contributed by atoms with Crippen LogP contribution in [0.25, 0.3) is 0 Å². The highest BCUT2D eigenvalue weighted by Gasteiger charge is 2.10. The standard InChI is InChI=1S/C14H23N5OS.ClH/c1-11-9-12(2)18-14(17-11)21-10-13(20)16-5-8-19-6-3-15-4-7-19;/h9,15H,3-8,10H2,1-2H3,(H,16,20);1H. The highest BCUT2D eigenvalue weighted by Crippen LogP contribution is 2.13. The van der Waals surface area contributed by atoms with Crippen LogP contribution >= 0.6 is 24.2 Å². The summed E-state index contributed by atoms with van der Waals surface area (Å²) in [5.41, 5.74) is 1.87. The molecule has 0 bridgehead atoms. The van der Waals surface area contributed by atoms with Crippen LogP contribution in [0.3, 0.4) is 0 Å². The molecule has 8 heteroatoms. The van der Waals surface area contributed by atoms with Crippen molar-refractivity contribution in [2.75, 3.05) is 45.0 Å². The number of hydrogen-bond acceptors (Lipinski definition) is 6. The van der Waals surface area contributed by atoms with Gasteiger partial charge in [0.2, 0.25) is 5.91 Å². The van der Waals surface area contributed by atoms with Crippen molar-refractivity contribution in [2.45, 2.75) is 19.0 Å². The van der Waals surface area contributed by atoms with E-state index in [1.165, 1.54) is 11.8 Å². The molecule has 2 N–H and O–H groups in total.